The van der Waals surface area contributed by atoms with Crippen molar-refractivity contribution in [3.63, 3.8) is 0 Å². The first-order chi connectivity index (χ1) is 7.13. The van der Waals surface area contributed by atoms with Gasteiger partial charge in [0.2, 0.25) is 0 Å². The second-order valence-electron chi connectivity index (χ2n) is 3.12. The molecular weight excluding hydrogens is 214 g/mol. The van der Waals surface area contributed by atoms with Gasteiger partial charge in [0.05, 0.1) is 11.5 Å². The van der Waals surface area contributed by atoms with Crippen molar-refractivity contribution in [3.05, 3.63) is 35.4 Å². The molecule has 0 aliphatic carbocycles. The zero-order chi connectivity index (χ0) is 10.9. The van der Waals surface area contributed by atoms with E-state index in [-0.39, 0.29) is 11.5 Å². The lowest BCUT2D eigenvalue weighted by Gasteiger charge is -2.04. The molecule has 0 atom stereocenters. The maximum absolute atomic E-state index is 11.6. The molecular formula is C10H9NO3S. The lowest BCUT2D eigenvalue weighted by atomic mass is 10.1. The van der Waals surface area contributed by atoms with Gasteiger partial charge in [-0.15, -0.1) is 0 Å². The van der Waals surface area contributed by atoms with Crippen LogP contribution >= 0.6 is 0 Å². The molecule has 0 unspecified atom stereocenters. The van der Waals surface area contributed by atoms with Gasteiger partial charge >= 0.3 is 0 Å². The average Bonchev–Trinajstić information content (AvgIpc) is 2.37. The van der Waals surface area contributed by atoms with Crippen LogP contribution in [0.3, 0.4) is 0 Å². The summed E-state index contributed by atoms with van der Waals surface area (Å²) in [4.78, 5) is 0.171. The Morgan fingerprint density at radius 3 is 2.87 bits per heavy atom. The first-order valence-corrected chi connectivity index (χ1v) is 5.78. The number of rotatable bonds is 1. The molecule has 78 valence electrons. The minimum atomic E-state index is -3.58. The largest absolute Gasteiger partial charge is 0.392 e. The molecule has 0 fully saturated rings. The Kier molecular flexibility index (Phi) is 2.42. The van der Waals surface area contributed by atoms with Crippen molar-refractivity contribution >= 4 is 22.3 Å². The van der Waals surface area contributed by atoms with Gasteiger partial charge in [0.1, 0.15) is 0 Å². The molecule has 0 radical (unpaired) electrons. The van der Waals surface area contributed by atoms with E-state index in [9.17, 15) is 8.42 Å². The number of nitrogens with zero attached hydrogens (tertiary/aromatic N) is 1. The van der Waals surface area contributed by atoms with Crippen LogP contribution in [-0.2, 0) is 16.6 Å². The molecule has 1 aliphatic heterocycles. The second kappa shape index (κ2) is 3.60. The van der Waals surface area contributed by atoms with E-state index < -0.39 is 10.0 Å². The quantitative estimate of drug-likeness (QED) is 0.771. The van der Waals surface area contributed by atoms with Gasteiger partial charge in [0.15, 0.2) is 0 Å². The fraction of sp³-hybridized carbons (Fsp3) is 0.100. The first kappa shape index (κ1) is 10.1. The topological polar surface area (TPSA) is 66.7 Å². The maximum atomic E-state index is 11.6. The highest BCUT2D eigenvalue weighted by molar-refractivity contribution is 7.90. The van der Waals surface area contributed by atoms with E-state index in [0.29, 0.717) is 11.1 Å². The van der Waals surface area contributed by atoms with Crippen LogP contribution in [0.15, 0.2) is 33.6 Å². The average molecular weight is 223 g/mol. The molecule has 2 rings (SSSR count). The Balaban J connectivity index is 2.69. The van der Waals surface area contributed by atoms with Crippen molar-refractivity contribution in [2.45, 2.75) is 11.5 Å². The predicted molar refractivity (Wildman–Crippen MR) is 57.1 cm³/mol. The number of benzene rings is 1. The van der Waals surface area contributed by atoms with Crippen molar-refractivity contribution in [3.8, 4) is 0 Å². The van der Waals surface area contributed by atoms with Gasteiger partial charge in [-0.05, 0) is 29.3 Å². The third-order valence-electron chi connectivity index (χ3n) is 2.10. The van der Waals surface area contributed by atoms with Crippen LogP contribution in [0.25, 0.3) is 6.08 Å². The number of aliphatic hydroxyl groups excluding tert-OH is 1. The molecule has 1 aliphatic rings. The fourth-order valence-corrected chi connectivity index (χ4v) is 2.39. The number of sulfonamides is 1. The zero-order valence-corrected chi connectivity index (χ0v) is 8.61. The standard InChI is InChI=1S/C10H9NO3S/c12-7-8-3-4-10-9(6-8)2-1-5-11-15(10,13)14/h1-6,12H,7H2. The lowest BCUT2D eigenvalue weighted by Crippen LogP contribution is -1.99. The molecule has 0 saturated heterocycles. The Bertz CT molecular complexity index is 544. The van der Waals surface area contributed by atoms with Crippen molar-refractivity contribution in [1.29, 1.82) is 0 Å². The van der Waals surface area contributed by atoms with Crippen LogP contribution in [0, 0.1) is 0 Å². The van der Waals surface area contributed by atoms with E-state index in [2.05, 4.69) is 4.40 Å². The van der Waals surface area contributed by atoms with Crippen LogP contribution in [-0.4, -0.2) is 19.7 Å². The van der Waals surface area contributed by atoms with Gasteiger partial charge < -0.3 is 5.11 Å². The summed E-state index contributed by atoms with van der Waals surface area (Å²) in [6.07, 6.45) is 4.46. The smallest absolute Gasteiger partial charge is 0.282 e. The highest BCUT2D eigenvalue weighted by Crippen LogP contribution is 2.22. The van der Waals surface area contributed by atoms with Gasteiger partial charge in [-0.25, -0.2) is 0 Å². The summed E-state index contributed by atoms with van der Waals surface area (Å²) in [7, 11) is -3.58. The molecule has 0 bridgehead atoms. The summed E-state index contributed by atoms with van der Waals surface area (Å²) in [6, 6.07) is 4.67. The first-order valence-electron chi connectivity index (χ1n) is 4.34. The predicted octanol–water partition coefficient (Wildman–Crippen LogP) is 0.965. The fourth-order valence-electron chi connectivity index (χ4n) is 1.38. The van der Waals surface area contributed by atoms with Crippen LogP contribution in [0.1, 0.15) is 11.1 Å². The molecule has 1 aromatic carbocycles. The molecule has 5 heteroatoms. The summed E-state index contributed by atoms with van der Waals surface area (Å²) in [5.74, 6) is 0. The Hall–Kier alpha value is -1.46. The zero-order valence-electron chi connectivity index (χ0n) is 7.79. The van der Waals surface area contributed by atoms with E-state index >= 15 is 0 Å². The normalized spacial score (nSPS) is 17.1. The molecule has 4 nitrogen and oxygen atoms in total. The van der Waals surface area contributed by atoms with Gasteiger partial charge in [0, 0.05) is 6.21 Å². The van der Waals surface area contributed by atoms with E-state index in [1.807, 2.05) is 0 Å². The van der Waals surface area contributed by atoms with Crippen LogP contribution in [0.2, 0.25) is 0 Å². The SMILES string of the molecule is O=S1(=O)N=CC=Cc2cc(CO)ccc21. The highest BCUT2D eigenvalue weighted by Gasteiger charge is 2.17. The minimum Gasteiger partial charge on any atom is -0.392 e. The summed E-state index contributed by atoms with van der Waals surface area (Å²) in [5.41, 5.74) is 1.23. The molecule has 1 N–H and O–H groups in total. The molecule has 0 amide bonds. The summed E-state index contributed by atoms with van der Waals surface area (Å²) in [5, 5.41) is 8.93. The lowest BCUT2D eigenvalue weighted by molar-refractivity contribution is 0.281. The van der Waals surface area contributed by atoms with Crippen molar-refractivity contribution in [2.75, 3.05) is 0 Å². The summed E-state index contributed by atoms with van der Waals surface area (Å²) < 4.78 is 26.6. The van der Waals surface area contributed by atoms with E-state index in [1.54, 1.807) is 24.3 Å². The number of aliphatic hydroxyl groups is 1. The number of allylic oxidation sites excluding steroid dienone is 1. The number of hydrogen-bond donors (Lipinski definition) is 1. The molecule has 0 aromatic heterocycles. The van der Waals surface area contributed by atoms with Crippen molar-refractivity contribution < 1.29 is 13.5 Å². The van der Waals surface area contributed by atoms with E-state index in [0.717, 1.165) is 0 Å². The molecule has 1 aromatic rings. The summed E-state index contributed by atoms with van der Waals surface area (Å²) in [6.45, 7) is -0.109. The highest BCUT2D eigenvalue weighted by atomic mass is 32.2. The van der Waals surface area contributed by atoms with Crippen LogP contribution in [0.5, 0.6) is 0 Å². The second-order valence-corrected chi connectivity index (χ2v) is 4.72. The third-order valence-corrected chi connectivity index (χ3v) is 3.42. The molecule has 15 heavy (non-hydrogen) atoms. The Labute approximate surface area is 87.6 Å². The monoisotopic (exact) mass is 223 g/mol. The van der Waals surface area contributed by atoms with E-state index in [1.165, 1.54) is 12.3 Å². The van der Waals surface area contributed by atoms with Gasteiger partial charge in [-0.1, -0.05) is 12.1 Å². The Morgan fingerprint density at radius 1 is 1.33 bits per heavy atom. The third kappa shape index (κ3) is 1.84. The number of hydrogen-bond acceptors (Lipinski definition) is 3. The van der Waals surface area contributed by atoms with E-state index in [4.69, 9.17) is 5.11 Å². The number of fused-ring (bicyclic) bond motifs is 1. The minimum absolute atomic E-state index is 0.109. The Morgan fingerprint density at radius 2 is 2.13 bits per heavy atom. The van der Waals surface area contributed by atoms with Crippen LogP contribution < -0.4 is 0 Å². The summed E-state index contributed by atoms with van der Waals surface area (Å²) >= 11 is 0. The van der Waals surface area contributed by atoms with Crippen molar-refractivity contribution in [2.24, 2.45) is 4.40 Å². The molecule has 0 spiro atoms. The van der Waals surface area contributed by atoms with Crippen molar-refractivity contribution in [1.82, 2.24) is 0 Å². The molecule has 1 heterocycles. The van der Waals surface area contributed by atoms with Gasteiger partial charge in [-0.2, -0.15) is 12.8 Å². The molecule has 0 saturated carbocycles. The maximum Gasteiger partial charge on any atom is 0.282 e. The van der Waals surface area contributed by atoms with Gasteiger partial charge in [0.25, 0.3) is 10.0 Å². The van der Waals surface area contributed by atoms with Crippen LogP contribution in [0.4, 0.5) is 0 Å². The van der Waals surface area contributed by atoms with Gasteiger partial charge in [-0.3, -0.25) is 0 Å².